The molecule has 19 heavy (non-hydrogen) atoms. The Morgan fingerprint density at radius 2 is 1.63 bits per heavy atom. The second kappa shape index (κ2) is 6.43. The van der Waals surface area contributed by atoms with Crippen molar-refractivity contribution in [1.82, 2.24) is 0 Å². The Morgan fingerprint density at radius 3 is 2.32 bits per heavy atom. The van der Waals surface area contributed by atoms with E-state index in [0.717, 1.165) is 15.5 Å². The van der Waals surface area contributed by atoms with Gasteiger partial charge in [-0.25, -0.2) is 0 Å². The van der Waals surface area contributed by atoms with E-state index in [1.54, 1.807) is 11.8 Å². The summed E-state index contributed by atoms with van der Waals surface area (Å²) >= 11 is 1.65. The van der Waals surface area contributed by atoms with Crippen molar-refractivity contribution in [2.45, 2.75) is 23.6 Å². The Kier molecular flexibility index (Phi) is 4.63. The Labute approximate surface area is 118 Å². The lowest BCUT2D eigenvalue weighted by Gasteiger charge is -2.12. The SMILES string of the molecule is CC(C)C(=O)Nc1ccccc1Sc1ccccc1. The van der Waals surface area contributed by atoms with Gasteiger partial charge in [0.15, 0.2) is 0 Å². The fourth-order valence-corrected chi connectivity index (χ4v) is 2.47. The summed E-state index contributed by atoms with van der Waals surface area (Å²) in [5, 5.41) is 2.97. The molecule has 1 amide bonds. The molecule has 2 nitrogen and oxygen atoms in total. The van der Waals surface area contributed by atoms with Crippen LogP contribution in [0, 0.1) is 5.92 Å². The van der Waals surface area contributed by atoms with Crippen LogP contribution in [0.25, 0.3) is 0 Å². The first-order valence-corrected chi connectivity index (χ1v) is 7.11. The Hall–Kier alpha value is -1.74. The van der Waals surface area contributed by atoms with Crippen molar-refractivity contribution in [3.63, 3.8) is 0 Å². The van der Waals surface area contributed by atoms with Crippen LogP contribution >= 0.6 is 11.8 Å². The number of hydrogen-bond acceptors (Lipinski definition) is 2. The van der Waals surface area contributed by atoms with Gasteiger partial charge in [-0.1, -0.05) is 55.9 Å². The molecule has 2 rings (SSSR count). The Morgan fingerprint density at radius 1 is 1.00 bits per heavy atom. The van der Waals surface area contributed by atoms with Crippen molar-refractivity contribution < 1.29 is 4.79 Å². The van der Waals surface area contributed by atoms with Crippen LogP contribution in [0.1, 0.15) is 13.8 Å². The number of carbonyl (C=O) groups excluding carboxylic acids is 1. The van der Waals surface area contributed by atoms with E-state index >= 15 is 0 Å². The molecule has 0 aliphatic rings. The highest BCUT2D eigenvalue weighted by Crippen LogP contribution is 2.33. The fourth-order valence-electron chi connectivity index (χ4n) is 1.55. The predicted octanol–water partition coefficient (Wildman–Crippen LogP) is 4.43. The summed E-state index contributed by atoms with van der Waals surface area (Å²) in [5.74, 6) is 0.0240. The van der Waals surface area contributed by atoms with Gasteiger partial charge in [-0.15, -0.1) is 0 Å². The summed E-state index contributed by atoms with van der Waals surface area (Å²) in [6.07, 6.45) is 0. The third kappa shape index (κ3) is 3.86. The largest absolute Gasteiger partial charge is 0.325 e. The molecular formula is C16H17NOS. The van der Waals surface area contributed by atoms with Gasteiger partial charge in [0.05, 0.1) is 5.69 Å². The van der Waals surface area contributed by atoms with Crippen molar-refractivity contribution in [2.75, 3.05) is 5.32 Å². The Balaban J connectivity index is 2.19. The number of amides is 1. The zero-order valence-corrected chi connectivity index (χ0v) is 11.9. The van der Waals surface area contributed by atoms with Crippen LogP contribution in [0.3, 0.4) is 0 Å². The van der Waals surface area contributed by atoms with Gasteiger partial charge in [-0.05, 0) is 24.3 Å². The van der Waals surface area contributed by atoms with Gasteiger partial charge in [-0.3, -0.25) is 4.79 Å². The molecule has 3 heteroatoms. The standard InChI is InChI=1S/C16H17NOS/c1-12(2)16(18)17-14-10-6-7-11-15(14)19-13-8-4-3-5-9-13/h3-12H,1-2H3,(H,17,18). The highest BCUT2D eigenvalue weighted by molar-refractivity contribution is 7.99. The van der Waals surface area contributed by atoms with E-state index in [1.165, 1.54) is 0 Å². The van der Waals surface area contributed by atoms with Crippen molar-refractivity contribution in [3.05, 3.63) is 54.6 Å². The number of anilines is 1. The van der Waals surface area contributed by atoms with Crippen molar-refractivity contribution in [2.24, 2.45) is 5.92 Å². The van der Waals surface area contributed by atoms with E-state index in [0.29, 0.717) is 0 Å². The molecule has 0 aliphatic heterocycles. The van der Waals surface area contributed by atoms with Gasteiger partial charge in [0.2, 0.25) is 5.91 Å². The average molecular weight is 271 g/mol. The molecule has 98 valence electrons. The third-order valence-electron chi connectivity index (χ3n) is 2.64. The molecule has 2 aromatic carbocycles. The summed E-state index contributed by atoms with van der Waals surface area (Å²) in [4.78, 5) is 14.0. The van der Waals surface area contributed by atoms with Crippen LogP contribution in [0.5, 0.6) is 0 Å². The molecule has 0 spiro atoms. The lowest BCUT2D eigenvalue weighted by atomic mass is 10.2. The molecule has 0 saturated carbocycles. The Bertz CT molecular complexity index is 552. The number of para-hydroxylation sites is 1. The van der Waals surface area contributed by atoms with Crippen molar-refractivity contribution in [3.8, 4) is 0 Å². The summed E-state index contributed by atoms with van der Waals surface area (Å²) in [5.41, 5.74) is 0.870. The molecule has 0 radical (unpaired) electrons. The average Bonchev–Trinajstić information content (AvgIpc) is 2.42. The second-order valence-electron chi connectivity index (χ2n) is 4.56. The highest BCUT2D eigenvalue weighted by Gasteiger charge is 2.10. The summed E-state index contributed by atoms with van der Waals surface area (Å²) in [7, 11) is 0. The smallest absolute Gasteiger partial charge is 0.226 e. The third-order valence-corrected chi connectivity index (χ3v) is 3.72. The first-order chi connectivity index (χ1) is 9.16. The molecule has 0 bridgehead atoms. The number of hydrogen-bond donors (Lipinski definition) is 1. The summed E-state index contributed by atoms with van der Waals surface area (Å²) in [6, 6.07) is 18.0. The minimum absolute atomic E-state index is 0.0187. The monoisotopic (exact) mass is 271 g/mol. The van der Waals surface area contributed by atoms with Gasteiger partial charge >= 0.3 is 0 Å². The predicted molar refractivity (Wildman–Crippen MR) is 80.5 cm³/mol. The van der Waals surface area contributed by atoms with Gasteiger partial charge in [0.25, 0.3) is 0 Å². The van der Waals surface area contributed by atoms with Gasteiger partial charge in [-0.2, -0.15) is 0 Å². The molecule has 0 heterocycles. The lowest BCUT2D eigenvalue weighted by Crippen LogP contribution is -2.18. The van der Waals surface area contributed by atoms with E-state index in [9.17, 15) is 4.79 Å². The first-order valence-electron chi connectivity index (χ1n) is 6.29. The van der Waals surface area contributed by atoms with Gasteiger partial charge in [0.1, 0.15) is 0 Å². The molecule has 0 fully saturated rings. The number of nitrogens with one attached hydrogen (secondary N) is 1. The fraction of sp³-hybridized carbons (Fsp3) is 0.188. The van der Waals surface area contributed by atoms with E-state index in [-0.39, 0.29) is 11.8 Å². The minimum atomic E-state index is -0.0187. The van der Waals surface area contributed by atoms with Crippen LogP contribution < -0.4 is 5.32 Å². The van der Waals surface area contributed by atoms with E-state index in [1.807, 2.05) is 56.3 Å². The maximum absolute atomic E-state index is 11.8. The molecule has 1 N–H and O–H groups in total. The molecule has 0 saturated heterocycles. The normalized spacial score (nSPS) is 10.5. The maximum Gasteiger partial charge on any atom is 0.226 e. The van der Waals surface area contributed by atoms with Crippen molar-refractivity contribution >= 4 is 23.4 Å². The van der Waals surface area contributed by atoms with Crippen molar-refractivity contribution in [1.29, 1.82) is 0 Å². The highest BCUT2D eigenvalue weighted by atomic mass is 32.2. The first kappa shape index (κ1) is 13.7. The van der Waals surface area contributed by atoms with Crippen LogP contribution in [0.4, 0.5) is 5.69 Å². The molecule has 0 atom stereocenters. The van der Waals surface area contributed by atoms with E-state index in [4.69, 9.17) is 0 Å². The molecular weight excluding hydrogens is 254 g/mol. The topological polar surface area (TPSA) is 29.1 Å². The number of benzene rings is 2. The molecule has 0 aromatic heterocycles. The second-order valence-corrected chi connectivity index (χ2v) is 5.67. The lowest BCUT2D eigenvalue weighted by molar-refractivity contribution is -0.118. The zero-order chi connectivity index (χ0) is 13.7. The molecule has 0 unspecified atom stereocenters. The summed E-state index contributed by atoms with van der Waals surface area (Å²) in [6.45, 7) is 3.78. The summed E-state index contributed by atoms with van der Waals surface area (Å²) < 4.78 is 0. The van der Waals surface area contributed by atoms with Gasteiger partial charge in [0, 0.05) is 15.7 Å². The van der Waals surface area contributed by atoms with Crippen LogP contribution in [-0.2, 0) is 4.79 Å². The number of rotatable bonds is 4. The van der Waals surface area contributed by atoms with Crippen LogP contribution in [0.15, 0.2) is 64.4 Å². The van der Waals surface area contributed by atoms with Gasteiger partial charge < -0.3 is 5.32 Å². The molecule has 2 aromatic rings. The van der Waals surface area contributed by atoms with Crippen LogP contribution in [0.2, 0.25) is 0 Å². The molecule has 0 aliphatic carbocycles. The quantitative estimate of drug-likeness (QED) is 0.891. The van der Waals surface area contributed by atoms with Crippen LogP contribution in [-0.4, -0.2) is 5.91 Å². The van der Waals surface area contributed by atoms with E-state index in [2.05, 4.69) is 17.4 Å². The minimum Gasteiger partial charge on any atom is -0.325 e. The maximum atomic E-state index is 11.8. The number of carbonyl (C=O) groups is 1. The zero-order valence-electron chi connectivity index (χ0n) is 11.1. The van der Waals surface area contributed by atoms with E-state index < -0.39 is 0 Å².